The van der Waals surface area contributed by atoms with Crippen molar-refractivity contribution in [3.63, 3.8) is 0 Å². The Morgan fingerprint density at radius 1 is 1.10 bits per heavy atom. The van der Waals surface area contributed by atoms with Crippen LogP contribution in [0.1, 0.15) is 32.9 Å². The highest BCUT2D eigenvalue weighted by Crippen LogP contribution is 2.17. The Balaban J connectivity index is 1.43. The van der Waals surface area contributed by atoms with E-state index >= 15 is 0 Å². The van der Waals surface area contributed by atoms with E-state index in [1.807, 2.05) is 26.0 Å². The number of nitrogens with one attached hydrogen (secondary N) is 1. The molecule has 0 radical (unpaired) electrons. The van der Waals surface area contributed by atoms with Crippen molar-refractivity contribution in [3.8, 4) is 0 Å². The molecule has 2 aromatic heterocycles. The smallest absolute Gasteiger partial charge is 0.273 e. The van der Waals surface area contributed by atoms with Crippen molar-refractivity contribution in [2.24, 2.45) is 0 Å². The lowest BCUT2D eigenvalue weighted by Crippen LogP contribution is -2.24. The van der Waals surface area contributed by atoms with E-state index < -0.39 is 0 Å². The highest BCUT2D eigenvalue weighted by atomic mass is 16.2. The largest absolute Gasteiger partial charge is 0.384 e. The lowest BCUT2D eigenvalue weighted by Gasteiger charge is -2.10. The fraction of sp³-hybridized carbons (Fsp3) is 0.182. The lowest BCUT2D eigenvalue weighted by atomic mass is 10.1. The maximum Gasteiger partial charge on any atom is 0.273 e. The third-order valence-electron chi connectivity index (χ3n) is 4.93. The topological polar surface area (TPSA) is 98.7 Å². The summed E-state index contributed by atoms with van der Waals surface area (Å²) in [6.07, 6.45) is 1.66. The summed E-state index contributed by atoms with van der Waals surface area (Å²) in [6.45, 7) is 4.74. The van der Waals surface area contributed by atoms with E-state index in [4.69, 9.17) is 5.73 Å². The maximum atomic E-state index is 12.5. The first-order valence-electron chi connectivity index (χ1n) is 9.38. The van der Waals surface area contributed by atoms with Gasteiger partial charge in [-0.25, -0.2) is 9.67 Å². The number of carbonyl (C=O) groups excluding carboxylic acids is 1. The molecule has 0 atom stereocenters. The van der Waals surface area contributed by atoms with Gasteiger partial charge in [0.15, 0.2) is 5.69 Å². The molecule has 7 heteroatoms. The van der Waals surface area contributed by atoms with Crippen LogP contribution in [0.3, 0.4) is 0 Å². The number of rotatable bonds is 5. The van der Waals surface area contributed by atoms with E-state index in [9.17, 15) is 4.79 Å². The number of fused-ring (bicyclic) bond motifs is 1. The molecule has 0 saturated carbocycles. The minimum atomic E-state index is -0.273. The zero-order valence-electron chi connectivity index (χ0n) is 16.4. The van der Waals surface area contributed by atoms with Crippen molar-refractivity contribution in [2.45, 2.75) is 26.9 Å². The predicted molar refractivity (Wildman–Crippen MR) is 112 cm³/mol. The van der Waals surface area contributed by atoms with E-state index in [-0.39, 0.29) is 11.6 Å². The van der Waals surface area contributed by atoms with Crippen LogP contribution in [-0.2, 0) is 13.1 Å². The van der Waals surface area contributed by atoms with Gasteiger partial charge >= 0.3 is 0 Å². The molecule has 2 heterocycles. The van der Waals surface area contributed by atoms with E-state index in [0.29, 0.717) is 18.9 Å². The van der Waals surface area contributed by atoms with Crippen LogP contribution in [0.4, 0.5) is 5.82 Å². The third kappa shape index (κ3) is 4.08. The number of aromatic nitrogens is 4. The Morgan fingerprint density at radius 2 is 1.90 bits per heavy atom. The van der Waals surface area contributed by atoms with Crippen LogP contribution in [0.25, 0.3) is 10.8 Å². The third-order valence-corrected chi connectivity index (χ3v) is 4.93. The minimum absolute atomic E-state index is 0.273. The Morgan fingerprint density at radius 3 is 2.69 bits per heavy atom. The van der Waals surface area contributed by atoms with Gasteiger partial charge in [0, 0.05) is 12.2 Å². The van der Waals surface area contributed by atoms with Crippen LogP contribution >= 0.6 is 0 Å². The molecule has 0 unspecified atom stereocenters. The fourth-order valence-corrected chi connectivity index (χ4v) is 3.42. The predicted octanol–water partition coefficient (Wildman–Crippen LogP) is 3.00. The number of carbonyl (C=O) groups is 1. The minimum Gasteiger partial charge on any atom is -0.384 e. The molecule has 29 heavy (non-hydrogen) atoms. The summed E-state index contributed by atoms with van der Waals surface area (Å²) < 4.78 is 1.67. The number of aryl methyl sites for hydroxylation is 2. The van der Waals surface area contributed by atoms with Crippen LogP contribution in [0, 0.1) is 13.8 Å². The van der Waals surface area contributed by atoms with E-state index in [1.54, 1.807) is 16.9 Å². The van der Waals surface area contributed by atoms with Gasteiger partial charge in [-0.1, -0.05) is 41.6 Å². The molecular weight excluding hydrogens is 364 g/mol. The average molecular weight is 386 g/mol. The molecule has 4 rings (SSSR count). The second kappa shape index (κ2) is 7.71. The molecule has 0 aliphatic heterocycles. The van der Waals surface area contributed by atoms with Crippen molar-refractivity contribution >= 4 is 22.5 Å². The van der Waals surface area contributed by atoms with E-state index in [0.717, 1.165) is 22.4 Å². The zero-order chi connectivity index (χ0) is 20.4. The van der Waals surface area contributed by atoms with Crippen molar-refractivity contribution in [1.82, 2.24) is 25.3 Å². The molecule has 146 valence electrons. The summed E-state index contributed by atoms with van der Waals surface area (Å²) in [5.74, 6) is 0.206. The standard InChI is InChI=1S/C22H22N6O/c1-14-9-21(23)25-15(2)19(14)11-24-22(29)20-13-28(27-26-20)12-16-7-8-17-5-3-4-6-18(17)10-16/h3-10,13H,11-12H2,1-2H3,(H2,23,25)(H,24,29). The molecule has 0 aliphatic rings. The second-order valence-electron chi connectivity index (χ2n) is 7.09. The molecule has 0 bridgehead atoms. The number of nitrogens with two attached hydrogens (primary N) is 1. The summed E-state index contributed by atoms with van der Waals surface area (Å²) in [5, 5.41) is 13.3. The highest BCUT2D eigenvalue weighted by Gasteiger charge is 2.13. The van der Waals surface area contributed by atoms with Crippen LogP contribution in [-0.4, -0.2) is 25.9 Å². The van der Waals surface area contributed by atoms with E-state index in [2.05, 4.69) is 50.9 Å². The molecule has 2 aromatic carbocycles. The fourth-order valence-electron chi connectivity index (χ4n) is 3.42. The molecule has 4 aromatic rings. The molecule has 0 spiro atoms. The van der Waals surface area contributed by atoms with Crippen molar-refractivity contribution < 1.29 is 4.79 Å². The average Bonchev–Trinajstić information content (AvgIpc) is 3.15. The molecule has 1 amide bonds. The number of hydrogen-bond acceptors (Lipinski definition) is 5. The summed E-state index contributed by atoms with van der Waals surface area (Å²) in [4.78, 5) is 16.7. The molecular formula is C22H22N6O. The lowest BCUT2D eigenvalue weighted by molar-refractivity contribution is 0.0945. The first-order chi connectivity index (χ1) is 14.0. The van der Waals surface area contributed by atoms with Gasteiger partial charge in [-0.3, -0.25) is 4.79 Å². The maximum absolute atomic E-state index is 12.5. The van der Waals surface area contributed by atoms with Crippen LogP contribution in [0.2, 0.25) is 0 Å². The molecule has 0 saturated heterocycles. The van der Waals surface area contributed by atoms with Crippen LogP contribution in [0.15, 0.2) is 54.7 Å². The van der Waals surface area contributed by atoms with Crippen molar-refractivity contribution in [1.29, 1.82) is 0 Å². The normalized spacial score (nSPS) is 11.0. The van der Waals surface area contributed by atoms with Gasteiger partial charge in [-0.15, -0.1) is 5.10 Å². The monoisotopic (exact) mass is 386 g/mol. The van der Waals surface area contributed by atoms with Crippen molar-refractivity contribution in [3.05, 3.63) is 82.8 Å². The first-order valence-corrected chi connectivity index (χ1v) is 9.38. The van der Waals surface area contributed by atoms with Gasteiger partial charge in [-0.2, -0.15) is 0 Å². The number of hydrogen-bond donors (Lipinski definition) is 2. The van der Waals surface area contributed by atoms with Gasteiger partial charge in [0.2, 0.25) is 0 Å². The Hall–Kier alpha value is -3.74. The Bertz CT molecular complexity index is 1170. The SMILES string of the molecule is Cc1cc(N)nc(C)c1CNC(=O)c1cn(Cc2ccc3ccccc3c2)nn1. The summed E-state index contributed by atoms with van der Waals surface area (Å²) in [7, 11) is 0. The number of nitrogen functional groups attached to an aromatic ring is 1. The first kappa shape index (κ1) is 18.6. The van der Waals surface area contributed by atoms with Gasteiger partial charge in [-0.05, 0) is 53.4 Å². The van der Waals surface area contributed by atoms with Crippen LogP contribution < -0.4 is 11.1 Å². The quantitative estimate of drug-likeness (QED) is 0.549. The van der Waals surface area contributed by atoms with Gasteiger partial charge in [0.25, 0.3) is 5.91 Å². The molecule has 0 aliphatic carbocycles. The second-order valence-corrected chi connectivity index (χ2v) is 7.09. The highest BCUT2D eigenvalue weighted by molar-refractivity contribution is 5.91. The molecule has 0 fully saturated rings. The van der Waals surface area contributed by atoms with Gasteiger partial charge in [0.05, 0.1) is 12.7 Å². The van der Waals surface area contributed by atoms with Crippen LogP contribution in [0.5, 0.6) is 0 Å². The number of pyridine rings is 1. The van der Waals surface area contributed by atoms with E-state index in [1.165, 1.54) is 10.8 Å². The number of amides is 1. The zero-order valence-corrected chi connectivity index (χ0v) is 16.4. The Labute approximate surface area is 168 Å². The number of nitrogens with zero attached hydrogens (tertiary/aromatic N) is 4. The summed E-state index contributed by atoms with van der Waals surface area (Å²) in [5.41, 5.74) is 9.89. The Kier molecular flexibility index (Phi) is 4.95. The molecule has 3 N–H and O–H groups in total. The van der Waals surface area contributed by atoms with Crippen molar-refractivity contribution in [2.75, 3.05) is 5.73 Å². The molecule has 7 nitrogen and oxygen atoms in total. The number of benzene rings is 2. The van der Waals surface area contributed by atoms with Gasteiger partial charge in [0.1, 0.15) is 5.82 Å². The van der Waals surface area contributed by atoms with Gasteiger partial charge < -0.3 is 11.1 Å². The summed E-state index contributed by atoms with van der Waals surface area (Å²) in [6, 6.07) is 16.3. The summed E-state index contributed by atoms with van der Waals surface area (Å²) >= 11 is 0. The number of anilines is 1.